The third-order valence-electron chi connectivity index (χ3n) is 4.41. The van der Waals surface area contributed by atoms with E-state index < -0.39 is 39.4 Å². The molecule has 8 N–H and O–H groups in total. The summed E-state index contributed by atoms with van der Waals surface area (Å²) in [5.41, 5.74) is 10.5. The lowest BCUT2D eigenvalue weighted by atomic mass is 10.1. The van der Waals surface area contributed by atoms with Crippen molar-refractivity contribution < 1.29 is 27.9 Å². The Bertz CT molecular complexity index is 1150. The quantitative estimate of drug-likeness (QED) is 0.0704. The topological polar surface area (TPSA) is 211 Å². The molecule has 0 aliphatic rings. The SMILES string of the molecule is NC(N)=NCCNC(=O)c1cccc(C(=O)N(N)C[C@@H](C(=O)O)S(=O)(=O)c2ccccc2)c1. The first-order chi connectivity index (χ1) is 15.5. The number of carbonyl (C=O) groups excluding carboxylic acids is 2. The Labute approximate surface area is 190 Å². The molecule has 0 aliphatic carbocycles. The number of aliphatic imine (C=N–C) groups is 1. The molecular weight excluding hydrogens is 452 g/mol. The predicted octanol–water partition coefficient (Wildman–Crippen LogP) is -1.07. The molecule has 176 valence electrons. The molecule has 0 radical (unpaired) electrons. The summed E-state index contributed by atoms with van der Waals surface area (Å²) in [4.78, 5) is 40.2. The summed E-state index contributed by atoms with van der Waals surface area (Å²) in [6, 6.07) is 12.5. The third-order valence-corrected chi connectivity index (χ3v) is 6.44. The van der Waals surface area contributed by atoms with Gasteiger partial charge in [-0.3, -0.25) is 24.4 Å². The number of sulfone groups is 1. The number of carbonyl (C=O) groups is 3. The number of hydrogen-bond acceptors (Lipinski definition) is 7. The second kappa shape index (κ2) is 11.1. The number of nitrogens with two attached hydrogens (primary N) is 3. The number of amides is 2. The van der Waals surface area contributed by atoms with E-state index in [4.69, 9.17) is 17.3 Å². The zero-order valence-corrected chi connectivity index (χ0v) is 18.2. The monoisotopic (exact) mass is 476 g/mol. The second-order valence-corrected chi connectivity index (χ2v) is 8.92. The minimum absolute atomic E-state index is 0.0318. The first kappa shape index (κ1) is 25.3. The Morgan fingerprint density at radius 1 is 1.03 bits per heavy atom. The highest BCUT2D eigenvalue weighted by atomic mass is 32.2. The Hall–Kier alpha value is -3.97. The fourth-order valence-corrected chi connectivity index (χ4v) is 4.25. The van der Waals surface area contributed by atoms with Crippen LogP contribution in [-0.4, -0.2) is 67.2 Å². The molecule has 0 heterocycles. The van der Waals surface area contributed by atoms with Gasteiger partial charge in [-0.15, -0.1) is 0 Å². The first-order valence-corrected chi connectivity index (χ1v) is 11.1. The van der Waals surface area contributed by atoms with Crippen LogP contribution in [-0.2, 0) is 14.6 Å². The van der Waals surface area contributed by atoms with Gasteiger partial charge in [-0.2, -0.15) is 0 Å². The van der Waals surface area contributed by atoms with Crippen LogP contribution in [0, 0.1) is 0 Å². The Morgan fingerprint density at radius 3 is 2.27 bits per heavy atom. The lowest BCUT2D eigenvalue weighted by molar-refractivity contribution is -0.136. The lowest BCUT2D eigenvalue weighted by Crippen LogP contribution is -2.48. The molecule has 0 bridgehead atoms. The number of benzene rings is 2. The van der Waals surface area contributed by atoms with E-state index in [0.717, 1.165) is 0 Å². The average Bonchev–Trinajstić information content (AvgIpc) is 2.79. The van der Waals surface area contributed by atoms with E-state index in [1.165, 1.54) is 48.5 Å². The van der Waals surface area contributed by atoms with Crippen LogP contribution in [0.15, 0.2) is 64.5 Å². The highest BCUT2D eigenvalue weighted by Crippen LogP contribution is 2.17. The van der Waals surface area contributed by atoms with Gasteiger partial charge in [-0.25, -0.2) is 14.3 Å². The Kier molecular flexibility index (Phi) is 8.48. The summed E-state index contributed by atoms with van der Waals surface area (Å²) < 4.78 is 25.5. The van der Waals surface area contributed by atoms with Crippen molar-refractivity contribution in [2.75, 3.05) is 19.6 Å². The number of aliphatic carboxylic acids is 1. The van der Waals surface area contributed by atoms with E-state index in [0.29, 0.717) is 5.01 Å². The molecule has 2 aromatic rings. The van der Waals surface area contributed by atoms with E-state index in [1.807, 2.05) is 0 Å². The number of hydrazine groups is 1. The molecule has 0 aromatic heterocycles. The molecule has 0 fully saturated rings. The summed E-state index contributed by atoms with van der Waals surface area (Å²) in [7, 11) is -4.32. The molecule has 12 nitrogen and oxygen atoms in total. The maximum absolute atomic E-state index is 12.7. The highest BCUT2D eigenvalue weighted by Gasteiger charge is 2.36. The second-order valence-electron chi connectivity index (χ2n) is 6.79. The van der Waals surface area contributed by atoms with Gasteiger partial charge in [0.2, 0.25) is 0 Å². The maximum Gasteiger partial charge on any atom is 0.324 e. The average molecular weight is 477 g/mol. The van der Waals surface area contributed by atoms with Crippen LogP contribution < -0.4 is 22.6 Å². The first-order valence-electron chi connectivity index (χ1n) is 9.56. The van der Waals surface area contributed by atoms with Gasteiger partial charge in [-0.05, 0) is 30.3 Å². The third kappa shape index (κ3) is 6.75. The van der Waals surface area contributed by atoms with Crippen molar-refractivity contribution in [2.45, 2.75) is 10.1 Å². The van der Waals surface area contributed by atoms with Crippen molar-refractivity contribution in [2.24, 2.45) is 22.3 Å². The molecule has 2 rings (SSSR count). The molecule has 1 atom stereocenters. The molecule has 0 aliphatic heterocycles. The zero-order chi connectivity index (χ0) is 24.6. The van der Waals surface area contributed by atoms with Gasteiger partial charge in [0.25, 0.3) is 11.8 Å². The van der Waals surface area contributed by atoms with Crippen molar-refractivity contribution in [3.8, 4) is 0 Å². The largest absolute Gasteiger partial charge is 0.480 e. The Morgan fingerprint density at radius 2 is 1.67 bits per heavy atom. The van der Waals surface area contributed by atoms with Crippen molar-refractivity contribution in [1.82, 2.24) is 10.3 Å². The van der Waals surface area contributed by atoms with Crippen molar-refractivity contribution in [3.63, 3.8) is 0 Å². The van der Waals surface area contributed by atoms with Crippen molar-refractivity contribution in [3.05, 3.63) is 65.7 Å². The highest BCUT2D eigenvalue weighted by molar-refractivity contribution is 7.92. The van der Waals surface area contributed by atoms with Crippen LogP contribution in [0.3, 0.4) is 0 Å². The molecule has 0 saturated heterocycles. The predicted molar refractivity (Wildman–Crippen MR) is 120 cm³/mol. The van der Waals surface area contributed by atoms with Gasteiger partial charge in [0.05, 0.1) is 18.0 Å². The van der Waals surface area contributed by atoms with Crippen molar-refractivity contribution in [1.29, 1.82) is 0 Å². The van der Waals surface area contributed by atoms with Crippen LogP contribution in [0.2, 0.25) is 0 Å². The summed E-state index contributed by atoms with van der Waals surface area (Å²) in [6.45, 7) is -0.494. The molecule has 0 spiro atoms. The van der Waals surface area contributed by atoms with E-state index in [-0.39, 0.29) is 35.1 Å². The fourth-order valence-electron chi connectivity index (χ4n) is 2.76. The van der Waals surface area contributed by atoms with Crippen LogP contribution in [0.25, 0.3) is 0 Å². The molecule has 2 amide bonds. The zero-order valence-electron chi connectivity index (χ0n) is 17.4. The number of guanidine groups is 1. The fraction of sp³-hybridized carbons (Fsp3) is 0.200. The summed E-state index contributed by atoms with van der Waals surface area (Å²) >= 11 is 0. The van der Waals surface area contributed by atoms with Crippen LogP contribution in [0.5, 0.6) is 0 Å². The number of nitrogens with zero attached hydrogens (tertiary/aromatic N) is 2. The van der Waals surface area contributed by atoms with Crippen LogP contribution in [0.4, 0.5) is 0 Å². The summed E-state index contributed by atoms with van der Waals surface area (Å²) in [5, 5.41) is 10.5. The molecule has 2 aromatic carbocycles. The maximum atomic E-state index is 12.7. The number of hydrogen-bond donors (Lipinski definition) is 5. The Balaban J connectivity index is 2.15. The van der Waals surface area contributed by atoms with Crippen molar-refractivity contribution >= 4 is 33.6 Å². The van der Waals surface area contributed by atoms with E-state index >= 15 is 0 Å². The lowest BCUT2D eigenvalue weighted by Gasteiger charge is -2.21. The summed E-state index contributed by atoms with van der Waals surface area (Å²) in [6.07, 6.45) is 0. The number of carboxylic acids is 1. The standard InChI is InChI=1S/C20H24N6O6S/c21-20(22)25-10-9-24-17(27)13-5-4-6-14(11-13)18(28)26(23)12-16(19(29)30)33(31,32)15-7-2-1-3-8-15/h1-8,11,16H,9-10,12,23H2,(H,24,27)(H,29,30)(H4,21,22,25)/t16-/m0/s1. The smallest absolute Gasteiger partial charge is 0.324 e. The van der Waals surface area contributed by atoms with Gasteiger partial charge in [0.1, 0.15) is 0 Å². The number of rotatable bonds is 10. The van der Waals surface area contributed by atoms with Gasteiger partial charge in [0.15, 0.2) is 21.0 Å². The minimum atomic E-state index is -4.32. The van der Waals surface area contributed by atoms with Gasteiger partial charge >= 0.3 is 5.97 Å². The summed E-state index contributed by atoms with van der Waals surface area (Å²) in [5.74, 6) is 2.59. The molecular formula is C20H24N6O6S. The van der Waals surface area contributed by atoms with E-state index in [9.17, 15) is 27.9 Å². The van der Waals surface area contributed by atoms with Gasteiger partial charge in [0, 0.05) is 17.7 Å². The van der Waals surface area contributed by atoms with Crippen LogP contribution in [0.1, 0.15) is 20.7 Å². The minimum Gasteiger partial charge on any atom is -0.480 e. The number of carboxylic acid groups (broad SMARTS) is 1. The number of nitrogens with one attached hydrogen (secondary N) is 1. The molecule has 33 heavy (non-hydrogen) atoms. The molecule has 13 heteroatoms. The van der Waals surface area contributed by atoms with Crippen LogP contribution >= 0.6 is 0 Å². The van der Waals surface area contributed by atoms with E-state index in [1.54, 1.807) is 6.07 Å². The van der Waals surface area contributed by atoms with Gasteiger partial charge in [-0.1, -0.05) is 24.3 Å². The normalized spacial score (nSPS) is 11.8. The van der Waals surface area contributed by atoms with E-state index in [2.05, 4.69) is 10.3 Å². The van der Waals surface area contributed by atoms with Gasteiger partial charge < -0.3 is 21.9 Å². The molecule has 0 saturated carbocycles. The molecule has 0 unspecified atom stereocenters.